The molecule has 0 saturated carbocycles. The first kappa shape index (κ1) is 12.7. The Bertz CT molecular complexity index is 395. The molecule has 94 valence electrons. The molecule has 17 heavy (non-hydrogen) atoms. The minimum atomic E-state index is -0.164. The molecule has 1 aliphatic rings. The van der Waals surface area contributed by atoms with Crippen molar-refractivity contribution in [1.82, 2.24) is 4.90 Å². The standard InChI is InChI=1S/C13H18ClFN2/c1-16(2)11-6-7-17(9-11)13-10(8-14)4-3-5-12(13)15/h3-5,11H,6-9H2,1-2H3. The summed E-state index contributed by atoms with van der Waals surface area (Å²) in [5.74, 6) is 0.193. The van der Waals surface area contributed by atoms with E-state index in [0.717, 1.165) is 25.1 Å². The number of rotatable bonds is 3. The summed E-state index contributed by atoms with van der Waals surface area (Å²) in [7, 11) is 4.13. The van der Waals surface area contributed by atoms with E-state index in [0.29, 0.717) is 17.6 Å². The second-order valence-electron chi connectivity index (χ2n) is 4.73. The Morgan fingerprint density at radius 2 is 2.24 bits per heavy atom. The van der Waals surface area contributed by atoms with Gasteiger partial charge in [-0.2, -0.15) is 0 Å². The number of nitrogens with zero attached hydrogens (tertiary/aromatic N) is 2. The highest BCUT2D eigenvalue weighted by Gasteiger charge is 2.27. The van der Waals surface area contributed by atoms with Gasteiger partial charge in [-0.05, 0) is 32.1 Å². The second kappa shape index (κ2) is 5.23. The van der Waals surface area contributed by atoms with Gasteiger partial charge in [0.2, 0.25) is 0 Å². The molecule has 1 unspecified atom stereocenters. The quantitative estimate of drug-likeness (QED) is 0.768. The number of hydrogen-bond donors (Lipinski definition) is 0. The Hall–Kier alpha value is -0.800. The van der Waals surface area contributed by atoms with Crippen LogP contribution in [0, 0.1) is 5.82 Å². The molecule has 0 amide bonds. The fourth-order valence-corrected chi connectivity index (χ4v) is 2.60. The van der Waals surface area contributed by atoms with Crippen molar-refractivity contribution >= 4 is 17.3 Å². The van der Waals surface area contributed by atoms with Gasteiger partial charge in [0.05, 0.1) is 5.69 Å². The minimum Gasteiger partial charge on any atom is -0.367 e. The summed E-state index contributed by atoms with van der Waals surface area (Å²) in [6.07, 6.45) is 1.07. The van der Waals surface area contributed by atoms with Crippen molar-refractivity contribution in [3.63, 3.8) is 0 Å². The van der Waals surface area contributed by atoms with Crippen molar-refractivity contribution in [2.45, 2.75) is 18.3 Å². The Balaban J connectivity index is 2.24. The fourth-order valence-electron chi connectivity index (χ4n) is 2.39. The maximum atomic E-state index is 13.9. The van der Waals surface area contributed by atoms with Gasteiger partial charge in [0.15, 0.2) is 0 Å². The first-order valence-corrected chi connectivity index (χ1v) is 6.41. The number of hydrogen-bond acceptors (Lipinski definition) is 2. The van der Waals surface area contributed by atoms with Crippen molar-refractivity contribution < 1.29 is 4.39 Å². The van der Waals surface area contributed by atoms with Crippen molar-refractivity contribution in [2.75, 3.05) is 32.1 Å². The van der Waals surface area contributed by atoms with Crippen LogP contribution in [0.4, 0.5) is 10.1 Å². The Labute approximate surface area is 107 Å². The summed E-state index contributed by atoms with van der Waals surface area (Å²) >= 11 is 5.88. The van der Waals surface area contributed by atoms with Crippen LogP contribution < -0.4 is 4.90 Å². The average molecular weight is 257 g/mol. The van der Waals surface area contributed by atoms with Gasteiger partial charge in [-0.25, -0.2) is 4.39 Å². The van der Waals surface area contributed by atoms with E-state index in [1.807, 2.05) is 6.07 Å². The Morgan fingerprint density at radius 3 is 2.82 bits per heavy atom. The highest BCUT2D eigenvalue weighted by atomic mass is 35.5. The van der Waals surface area contributed by atoms with Crippen LogP contribution >= 0.6 is 11.6 Å². The summed E-state index contributed by atoms with van der Waals surface area (Å²) in [5, 5.41) is 0. The Kier molecular flexibility index (Phi) is 3.89. The average Bonchev–Trinajstić information content (AvgIpc) is 2.77. The fraction of sp³-hybridized carbons (Fsp3) is 0.538. The molecule has 1 aromatic rings. The molecule has 0 radical (unpaired) electrons. The largest absolute Gasteiger partial charge is 0.367 e. The number of alkyl halides is 1. The minimum absolute atomic E-state index is 0.164. The lowest BCUT2D eigenvalue weighted by atomic mass is 10.1. The van der Waals surface area contributed by atoms with Crippen LogP contribution in [-0.2, 0) is 5.88 Å². The molecule has 2 nitrogen and oxygen atoms in total. The third-order valence-electron chi connectivity index (χ3n) is 3.42. The summed E-state index contributed by atoms with van der Waals surface area (Å²) in [6.45, 7) is 1.77. The van der Waals surface area contributed by atoms with E-state index in [9.17, 15) is 4.39 Å². The number of halogens is 2. The van der Waals surface area contributed by atoms with E-state index in [-0.39, 0.29) is 5.82 Å². The highest BCUT2D eigenvalue weighted by molar-refractivity contribution is 6.17. The number of para-hydroxylation sites is 1. The molecular formula is C13H18ClFN2. The van der Waals surface area contributed by atoms with Gasteiger partial charge in [-0.3, -0.25) is 0 Å². The SMILES string of the molecule is CN(C)C1CCN(c2c(F)cccc2CCl)C1. The molecule has 0 bridgehead atoms. The van der Waals surface area contributed by atoms with Crippen molar-refractivity contribution in [3.05, 3.63) is 29.6 Å². The van der Waals surface area contributed by atoms with Gasteiger partial charge in [0.1, 0.15) is 5.82 Å². The number of benzene rings is 1. The van der Waals surface area contributed by atoms with Gasteiger partial charge in [0.25, 0.3) is 0 Å². The van der Waals surface area contributed by atoms with Crippen LogP contribution in [0.15, 0.2) is 18.2 Å². The topological polar surface area (TPSA) is 6.48 Å². The monoisotopic (exact) mass is 256 g/mol. The van der Waals surface area contributed by atoms with Crippen molar-refractivity contribution in [2.24, 2.45) is 0 Å². The lowest BCUT2D eigenvalue weighted by Crippen LogP contribution is -2.32. The smallest absolute Gasteiger partial charge is 0.146 e. The van der Waals surface area contributed by atoms with Crippen LogP contribution in [0.2, 0.25) is 0 Å². The van der Waals surface area contributed by atoms with E-state index in [2.05, 4.69) is 23.9 Å². The van der Waals surface area contributed by atoms with E-state index >= 15 is 0 Å². The molecule has 1 atom stereocenters. The van der Waals surface area contributed by atoms with Gasteiger partial charge >= 0.3 is 0 Å². The lowest BCUT2D eigenvalue weighted by Gasteiger charge is -2.24. The van der Waals surface area contributed by atoms with Gasteiger partial charge < -0.3 is 9.80 Å². The third kappa shape index (κ3) is 2.55. The molecule has 1 saturated heterocycles. The molecular weight excluding hydrogens is 239 g/mol. The lowest BCUT2D eigenvalue weighted by molar-refractivity contribution is 0.315. The summed E-state index contributed by atoms with van der Waals surface area (Å²) < 4.78 is 13.9. The number of likely N-dealkylation sites (N-methyl/N-ethyl adjacent to an activating group) is 1. The molecule has 0 aliphatic carbocycles. The zero-order valence-corrected chi connectivity index (χ0v) is 11.0. The van der Waals surface area contributed by atoms with Gasteiger partial charge in [0, 0.05) is 25.0 Å². The molecule has 1 heterocycles. The maximum Gasteiger partial charge on any atom is 0.146 e. The normalized spacial score (nSPS) is 20.3. The van der Waals surface area contributed by atoms with E-state index < -0.39 is 0 Å². The van der Waals surface area contributed by atoms with E-state index in [1.165, 1.54) is 6.07 Å². The molecule has 0 spiro atoms. The molecule has 1 aliphatic heterocycles. The first-order valence-electron chi connectivity index (χ1n) is 5.88. The van der Waals surface area contributed by atoms with Crippen LogP contribution in [-0.4, -0.2) is 38.1 Å². The zero-order chi connectivity index (χ0) is 12.4. The predicted octanol–water partition coefficient (Wildman–Crippen LogP) is 2.70. The molecule has 4 heteroatoms. The van der Waals surface area contributed by atoms with E-state index in [4.69, 9.17) is 11.6 Å². The van der Waals surface area contributed by atoms with Gasteiger partial charge in [-0.1, -0.05) is 12.1 Å². The van der Waals surface area contributed by atoms with Crippen molar-refractivity contribution in [1.29, 1.82) is 0 Å². The Morgan fingerprint density at radius 1 is 1.47 bits per heavy atom. The highest BCUT2D eigenvalue weighted by Crippen LogP contribution is 2.29. The van der Waals surface area contributed by atoms with Crippen LogP contribution in [0.1, 0.15) is 12.0 Å². The zero-order valence-electron chi connectivity index (χ0n) is 10.3. The summed E-state index contributed by atoms with van der Waals surface area (Å²) in [4.78, 5) is 4.30. The summed E-state index contributed by atoms with van der Waals surface area (Å²) in [5.41, 5.74) is 1.57. The molecule has 0 N–H and O–H groups in total. The second-order valence-corrected chi connectivity index (χ2v) is 5.00. The summed E-state index contributed by atoms with van der Waals surface area (Å²) in [6, 6.07) is 5.62. The molecule has 0 aromatic heterocycles. The van der Waals surface area contributed by atoms with Crippen LogP contribution in [0.25, 0.3) is 0 Å². The molecule has 2 rings (SSSR count). The van der Waals surface area contributed by atoms with Crippen molar-refractivity contribution in [3.8, 4) is 0 Å². The van der Waals surface area contributed by atoms with Crippen LogP contribution in [0.3, 0.4) is 0 Å². The molecule has 1 fully saturated rings. The first-order chi connectivity index (χ1) is 8.13. The number of anilines is 1. The van der Waals surface area contributed by atoms with Crippen LogP contribution in [0.5, 0.6) is 0 Å². The molecule has 1 aromatic carbocycles. The van der Waals surface area contributed by atoms with E-state index in [1.54, 1.807) is 6.07 Å². The third-order valence-corrected chi connectivity index (χ3v) is 3.71. The predicted molar refractivity (Wildman–Crippen MR) is 70.3 cm³/mol. The maximum absolute atomic E-state index is 13.9. The van der Waals surface area contributed by atoms with Gasteiger partial charge in [-0.15, -0.1) is 11.6 Å².